The van der Waals surface area contributed by atoms with Crippen LogP contribution in [0.3, 0.4) is 0 Å². The number of aromatic nitrogens is 4. The maximum atomic E-state index is 14.1. The molecule has 5 aromatic carbocycles. The Morgan fingerprint density at radius 3 is 1.31 bits per heavy atom. The van der Waals surface area contributed by atoms with Crippen molar-refractivity contribution < 1.29 is 36.7 Å². The molecule has 64 heavy (non-hydrogen) atoms. The number of pyridine rings is 1. The Labute approximate surface area is 367 Å². The lowest BCUT2D eigenvalue weighted by molar-refractivity contribution is 0.0987. The van der Waals surface area contributed by atoms with Crippen LogP contribution in [0.15, 0.2) is 103 Å². The normalized spacial score (nSPS) is 11.0. The Bertz CT molecular complexity index is 3290. The molecule has 0 saturated heterocycles. The van der Waals surface area contributed by atoms with Crippen molar-refractivity contribution in [2.75, 3.05) is 7.11 Å². The summed E-state index contributed by atoms with van der Waals surface area (Å²) in [5.74, 6) is -2.88. The Hall–Kier alpha value is -7.91. The highest BCUT2D eigenvalue weighted by atomic mass is 35.5. The van der Waals surface area contributed by atoms with Gasteiger partial charge in [-0.1, -0.05) is 23.7 Å². The highest BCUT2D eigenvalue weighted by Gasteiger charge is 2.20. The first-order valence-electron chi connectivity index (χ1n) is 19.3. The van der Waals surface area contributed by atoms with Gasteiger partial charge in [0.25, 0.3) is 17.7 Å². The number of halogens is 5. The molecule has 0 saturated carbocycles. The zero-order valence-electron chi connectivity index (χ0n) is 34.5. The van der Waals surface area contributed by atoms with Crippen molar-refractivity contribution in [3.63, 3.8) is 0 Å². The monoisotopic (exact) mass is 887 g/mol. The number of hydrogen-bond acceptors (Lipinski definition) is 5. The van der Waals surface area contributed by atoms with Crippen LogP contribution in [0.1, 0.15) is 48.2 Å². The molecule has 0 bridgehead atoms. The van der Waals surface area contributed by atoms with Gasteiger partial charge in [0.2, 0.25) is 0 Å². The zero-order valence-corrected chi connectivity index (χ0v) is 35.3. The van der Waals surface area contributed by atoms with Crippen molar-refractivity contribution in [3.05, 3.63) is 165 Å². The van der Waals surface area contributed by atoms with Gasteiger partial charge < -0.3 is 36.9 Å². The van der Waals surface area contributed by atoms with Gasteiger partial charge in [0, 0.05) is 55.8 Å². The van der Waals surface area contributed by atoms with E-state index in [4.69, 9.17) is 33.5 Å². The Morgan fingerprint density at radius 1 is 0.531 bits per heavy atom. The summed E-state index contributed by atoms with van der Waals surface area (Å²) in [6.07, 6.45) is 3.27. The van der Waals surface area contributed by atoms with Gasteiger partial charge in [0.15, 0.2) is 0 Å². The Balaban J connectivity index is 0.000000144. The minimum absolute atomic E-state index is 0.177. The summed E-state index contributed by atoms with van der Waals surface area (Å²) in [4.78, 5) is 47.2. The number of aromatic amines is 3. The third kappa shape index (κ3) is 8.61. The first kappa shape index (κ1) is 44.2. The van der Waals surface area contributed by atoms with Crippen molar-refractivity contribution in [1.29, 1.82) is 0 Å². The zero-order chi connectivity index (χ0) is 46.1. The van der Waals surface area contributed by atoms with Crippen LogP contribution in [0.25, 0.3) is 66.1 Å². The molecular weight excluding hydrogens is 850 g/mol. The fourth-order valence-corrected chi connectivity index (χ4v) is 7.75. The molecule has 11 nitrogen and oxygen atoms in total. The number of carbonyl (C=O) groups excluding carboxylic acids is 3. The SMILES string of the molecule is COc1ccc(-c2cc(F)cc3c(C)c(C(N)=O)[nH]c23)cc1.Cc1c(C(N)=O)[nH]c2c(-c3ccc(Cl)cc3F)cc(F)cc12.Cc1c(C(N)=O)[nH]c2c(-c3ccncc3)cc(F)cc12. The summed E-state index contributed by atoms with van der Waals surface area (Å²) in [6, 6.07) is 23.1. The lowest BCUT2D eigenvalue weighted by Crippen LogP contribution is -2.12. The Kier molecular flexibility index (Phi) is 12.3. The molecule has 0 spiro atoms. The number of ether oxygens (including phenoxy) is 1. The van der Waals surface area contributed by atoms with E-state index in [2.05, 4.69) is 19.9 Å². The number of benzene rings is 5. The fourth-order valence-electron chi connectivity index (χ4n) is 7.59. The van der Waals surface area contributed by atoms with E-state index in [0.717, 1.165) is 22.9 Å². The minimum Gasteiger partial charge on any atom is -0.497 e. The molecule has 9 rings (SSSR count). The summed E-state index contributed by atoms with van der Waals surface area (Å²) < 4.78 is 61.0. The molecule has 0 atom stereocenters. The maximum absolute atomic E-state index is 14.1. The van der Waals surface area contributed by atoms with E-state index in [-0.39, 0.29) is 27.9 Å². The molecule has 4 aromatic heterocycles. The number of nitrogens with one attached hydrogen (secondary N) is 3. The van der Waals surface area contributed by atoms with Crippen LogP contribution in [-0.4, -0.2) is 44.8 Å². The molecule has 0 radical (unpaired) electrons. The van der Waals surface area contributed by atoms with Gasteiger partial charge in [-0.2, -0.15) is 0 Å². The number of amides is 3. The molecule has 16 heteroatoms. The van der Waals surface area contributed by atoms with Crippen LogP contribution >= 0.6 is 11.6 Å². The summed E-state index contributed by atoms with van der Waals surface area (Å²) in [5.41, 5.74) is 23.9. The average Bonchev–Trinajstić information content (AvgIpc) is 3.91. The van der Waals surface area contributed by atoms with Crippen molar-refractivity contribution in [1.82, 2.24) is 19.9 Å². The molecule has 9 aromatic rings. The fraction of sp³-hybridized carbons (Fsp3) is 0.0833. The molecule has 0 aliphatic rings. The second-order valence-corrected chi connectivity index (χ2v) is 15.1. The van der Waals surface area contributed by atoms with Gasteiger partial charge in [0.05, 0.1) is 23.7 Å². The largest absolute Gasteiger partial charge is 0.497 e. The van der Waals surface area contributed by atoms with E-state index in [1.54, 1.807) is 64.5 Å². The van der Waals surface area contributed by atoms with Gasteiger partial charge in [0.1, 0.15) is 46.1 Å². The van der Waals surface area contributed by atoms with Crippen molar-refractivity contribution in [2.45, 2.75) is 20.8 Å². The quantitative estimate of drug-likeness (QED) is 0.0864. The molecule has 324 valence electrons. The van der Waals surface area contributed by atoms with E-state index in [1.807, 2.05) is 12.1 Å². The molecule has 0 aliphatic heterocycles. The molecule has 0 fully saturated rings. The summed E-state index contributed by atoms with van der Waals surface area (Å²) in [7, 11) is 1.59. The van der Waals surface area contributed by atoms with Crippen LogP contribution in [0.4, 0.5) is 17.6 Å². The first-order chi connectivity index (χ1) is 30.5. The maximum Gasteiger partial charge on any atom is 0.265 e. The summed E-state index contributed by atoms with van der Waals surface area (Å²) in [6.45, 7) is 5.14. The Morgan fingerprint density at radius 2 is 0.922 bits per heavy atom. The van der Waals surface area contributed by atoms with Crippen LogP contribution < -0.4 is 21.9 Å². The topological polar surface area (TPSA) is 199 Å². The number of H-pyrrole nitrogens is 3. The number of methoxy groups -OCH3 is 1. The van der Waals surface area contributed by atoms with Gasteiger partial charge in [-0.15, -0.1) is 0 Å². The molecular formula is C48H38ClF4N7O4. The standard InChI is InChI=1S/C17H15FN2O2.C16H11ClF2N2O.C15H12FN3O/c1-9-13-7-11(18)8-14(16(13)20-15(9)17(19)21)10-3-5-12(22-2)6-4-10;1-7-11-5-9(18)6-12(15(11)21-14(7)16(20)22)10-3-2-8(17)4-13(10)19;1-8-11-6-10(16)7-12(9-2-4-18-5-3-9)14(11)19-13(8)15(17)20/h3-8,20H,1-2H3,(H2,19,21);2-6,21H,1H3,(H2,20,22);2-7,19H,1H3,(H2,17,20). The second-order valence-electron chi connectivity index (χ2n) is 14.7. The average molecular weight is 888 g/mol. The number of fused-ring (bicyclic) bond motifs is 3. The number of nitrogens with zero attached hydrogens (tertiary/aromatic N) is 1. The molecule has 3 amide bonds. The predicted octanol–water partition coefficient (Wildman–Crippen LogP) is 10.3. The number of nitrogens with two attached hydrogens (primary N) is 3. The first-order valence-corrected chi connectivity index (χ1v) is 19.7. The summed E-state index contributed by atoms with van der Waals surface area (Å²) in [5, 5.41) is 2.04. The van der Waals surface area contributed by atoms with Gasteiger partial charge in [-0.05, 0) is 127 Å². The number of aryl methyl sites for hydroxylation is 3. The van der Waals surface area contributed by atoms with Crippen LogP contribution in [0, 0.1) is 44.0 Å². The third-order valence-corrected chi connectivity index (χ3v) is 11.0. The smallest absolute Gasteiger partial charge is 0.265 e. The second kappa shape index (κ2) is 17.8. The minimum atomic E-state index is -0.656. The number of carbonyl (C=O) groups is 3. The third-order valence-electron chi connectivity index (χ3n) is 10.7. The van der Waals surface area contributed by atoms with E-state index in [1.165, 1.54) is 48.5 Å². The van der Waals surface area contributed by atoms with E-state index >= 15 is 0 Å². The lowest BCUT2D eigenvalue weighted by Gasteiger charge is -2.06. The van der Waals surface area contributed by atoms with Crippen molar-refractivity contribution in [3.8, 4) is 39.1 Å². The van der Waals surface area contributed by atoms with Gasteiger partial charge in [-0.25, -0.2) is 17.6 Å². The van der Waals surface area contributed by atoms with E-state index in [9.17, 15) is 31.9 Å². The van der Waals surface area contributed by atoms with E-state index < -0.39 is 29.4 Å². The predicted molar refractivity (Wildman–Crippen MR) is 240 cm³/mol. The molecule has 4 heterocycles. The van der Waals surface area contributed by atoms with Crippen LogP contribution in [0.2, 0.25) is 5.02 Å². The van der Waals surface area contributed by atoms with Gasteiger partial charge in [-0.3, -0.25) is 19.4 Å². The van der Waals surface area contributed by atoms with Crippen molar-refractivity contribution in [2.24, 2.45) is 17.2 Å². The highest BCUT2D eigenvalue weighted by Crippen LogP contribution is 2.36. The lowest BCUT2D eigenvalue weighted by atomic mass is 10.0. The molecule has 9 N–H and O–H groups in total. The summed E-state index contributed by atoms with van der Waals surface area (Å²) >= 11 is 5.74. The molecule has 0 aliphatic carbocycles. The van der Waals surface area contributed by atoms with Crippen LogP contribution in [-0.2, 0) is 0 Å². The van der Waals surface area contributed by atoms with Crippen molar-refractivity contribution >= 4 is 62.0 Å². The number of primary amides is 3. The number of rotatable bonds is 7. The van der Waals surface area contributed by atoms with Crippen LogP contribution in [0.5, 0.6) is 5.75 Å². The molecule has 0 unspecified atom stereocenters. The highest BCUT2D eigenvalue weighted by molar-refractivity contribution is 6.30. The van der Waals surface area contributed by atoms with E-state index in [0.29, 0.717) is 77.5 Å². The van der Waals surface area contributed by atoms with Gasteiger partial charge >= 0.3 is 0 Å². The number of hydrogen-bond donors (Lipinski definition) is 6.